The van der Waals surface area contributed by atoms with E-state index >= 15 is 0 Å². The van der Waals surface area contributed by atoms with Crippen LogP contribution in [0.3, 0.4) is 0 Å². The summed E-state index contributed by atoms with van der Waals surface area (Å²) in [5.41, 5.74) is 0. The summed E-state index contributed by atoms with van der Waals surface area (Å²) >= 11 is 0. The molecule has 1 atom stereocenters. The lowest BCUT2D eigenvalue weighted by atomic mass is 10.3. The number of hydrogen-bond acceptors (Lipinski definition) is 6. The zero-order valence-electron chi connectivity index (χ0n) is 12.4. The van der Waals surface area contributed by atoms with Crippen molar-refractivity contribution in [3.63, 3.8) is 0 Å². The average molecular weight is 359 g/mol. The Morgan fingerprint density at radius 3 is 2.35 bits per heavy atom. The van der Waals surface area contributed by atoms with Gasteiger partial charge in [-0.25, -0.2) is 16.8 Å². The highest BCUT2D eigenvalue weighted by molar-refractivity contribution is 7.91. The molecule has 0 saturated carbocycles. The number of amides is 1. The van der Waals surface area contributed by atoms with Gasteiger partial charge in [0.05, 0.1) is 23.1 Å². The highest BCUT2D eigenvalue weighted by Gasteiger charge is 2.28. The summed E-state index contributed by atoms with van der Waals surface area (Å²) in [5.74, 6) is -1.48. The van der Waals surface area contributed by atoms with E-state index in [1.54, 1.807) is 6.07 Å². The number of nitrogens with zero attached hydrogens (tertiary/aromatic N) is 1. The third-order valence-corrected chi connectivity index (χ3v) is 5.10. The Morgan fingerprint density at radius 1 is 1.22 bits per heavy atom. The van der Waals surface area contributed by atoms with Crippen molar-refractivity contribution in [1.82, 2.24) is 10.0 Å². The molecule has 23 heavy (non-hydrogen) atoms. The summed E-state index contributed by atoms with van der Waals surface area (Å²) in [5, 5.41) is 10.8. The second-order valence-corrected chi connectivity index (χ2v) is 8.68. The second kappa shape index (κ2) is 8.05. The summed E-state index contributed by atoms with van der Waals surface area (Å²) in [7, 11) is -7.65. The number of benzene rings is 1. The van der Waals surface area contributed by atoms with E-state index in [-0.39, 0.29) is 17.9 Å². The highest BCUT2D eigenvalue weighted by atomic mass is 32.2. The monoisotopic (exact) mass is 359 g/mol. The molecule has 0 aromatic heterocycles. The number of carbonyl (C=O) groups is 1. The zero-order chi connectivity index (χ0) is 17.5. The Labute approximate surface area is 135 Å². The number of carbonyl (C=O) groups excluding carboxylic acids is 1. The van der Waals surface area contributed by atoms with Gasteiger partial charge in [-0.15, -0.1) is 0 Å². The Kier molecular flexibility index (Phi) is 6.68. The van der Waals surface area contributed by atoms with Gasteiger partial charge < -0.3 is 5.32 Å². The van der Waals surface area contributed by atoms with Gasteiger partial charge in [0.2, 0.25) is 15.9 Å². The molecular formula is C13H17N3O5S2. The van der Waals surface area contributed by atoms with Gasteiger partial charge in [-0.3, -0.25) is 4.79 Å². The fourth-order valence-corrected chi connectivity index (χ4v) is 3.85. The first-order chi connectivity index (χ1) is 10.7. The van der Waals surface area contributed by atoms with Crippen molar-refractivity contribution >= 4 is 25.8 Å². The van der Waals surface area contributed by atoms with Gasteiger partial charge in [0, 0.05) is 12.8 Å². The normalized spacial score (nSPS) is 13.0. The fourth-order valence-electron chi connectivity index (χ4n) is 1.69. The molecule has 0 bridgehead atoms. The van der Waals surface area contributed by atoms with Gasteiger partial charge in [0.15, 0.2) is 0 Å². The summed E-state index contributed by atoms with van der Waals surface area (Å²) in [4.78, 5) is 11.9. The molecule has 8 nitrogen and oxygen atoms in total. The molecule has 1 amide bonds. The largest absolute Gasteiger partial charge is 0.354 e. The minimum Gasteiger partial charge on any atom is -0.354 e. The molecule has 1 aromatic rings. The molecule has 1 unspecified atom stereocenters. The van der Waals surface area contributed by atoms with E-state index < -0.39 is 37.6 Å². The van der Waals surface area contributed by atoms with Gasteiger partial charge in [-0.2, -0.15) is 9.98 Å². The molecule has 0 fully saturated rings. The summed E-state index contributed by atoms with van der Waals surface area (Å²) in [6, 6.07) is 7.63. The first kappa shape index (κ1) is 19.1. The van der Waals surface area contributed by atoms with Crippen LogP contribution < -0.4 is 10.0 Å². The predicted molar refractivity (Wildman–Crippen MR) is 83.5 cm³/mol. The predicted octanol–water partition coefficient (Wildman–Crippen LogP) is -0.592. The number of nitriles is 1. The maximum Gasteiger partial charge on any atom is 0.241 e. The SMILES string of the molecule is CS(=O)(=O)CC(NS(=O)(=O)c1ccccc1)C(=O)NCCC#N. The van der Waals surface area contributed by atoms with E-state index in [0.29, 0.717) is 0 Å². The molecule has 126 valence electrons. The maximum atomic E-state index is 12.2. The average Bonchev–Trinajstić information content (AvgIpc) is 2.46. The number of hydrogen-bond donors (Lipinski definition) is 2. The Balaban J connectivity index is 2.97. The minimum atomic E-state index is -4.05. The number of rotatable bonds is 8. The molecule has 0 saturated heterocycles. The van der Waals surface area contributed by atoms with Crippen LogP contribution in [0.4, 0.5) is 0 Å². The lowest BCUT2D eigenvalue weighted by Crippen LogP contribution is -2.50. The Morgan fingerprint density at radius 2 is 1.83 bits per heavy atom. The molecule has 0 aliphatic rings. The van der Waals surface area contributed by atoms with Crippen LogP contribution in [0, 0.1) is 11.3 Å². The molecule has 0 spiro atoms. The van der Waals surface area contributed by atoms with E-state index in [4.69, 9.17) is 5.26 Å². The van der Waals surface area contributed by atoms with Crippen molar-refractivity contribution in [3.05, 3.63) is 30.3 Å². The highest BCUT2D eigenvalue weighted by Crippen LogP contribution is 2.08. The van der Waals surface area contributed by atoms with Gasteiger partial charge in [-0.05, 0) is 12.1 Å². The van der Waals surface area contributed by atoms with Crippen LogP contribution in [0.5, 0.6) is 0 Å². The van der Waals surface area contributed by atoms with E-state index in [1.807, 2.05) is 6.07 Å². The molecule has 0 aliphatic heterocycles. The molecular weight excluding hydrogens is 342 g/mol. The maximum absolute atomic E-state index is 12.2. The standard InChI is InChI=1S/C13H17N3O5S2/c1-22(18,19)10-12(13(17)15-9-5-8-14)16-23(20,21)11-6-3-2-4-7-11/h2-4,6-7,12,16H,5,9-10H2,1H3,(H,15,17). The van der Waals surface area contributed by atoms with Crippen LogP contribution >= 0.6 is 0 Å². The summed E-state index contributed by atoms with van der Waals surface area (Å²) in [6.45, 7) is 0.00264. The molecule has 1 rings (SSSR count). The van der Waals surface area contributed by atoms with Crippen molar-refractivity contribution in [2.24, 2.45) is 0 Å². The lowest BCUT2D eigenvalue weighted by molar-refractivity contribution is -0.122. The molecule has 1 aromatic carbocycles. The van der Waals surface area contributed by atoms with Crippen LogP contribution in [0.1, 0.15) is 6.42 Å². The zero-order valence-corrected chi connectivity index (χ0v) is 14.0. The van der Waals surface area contributed by atoms with Crippen LogP contribution in [-0.4, -0.2) is 47.3 Å². The van der Waals surface area contributed by atoms with E-state index in [0.717, 1.165) is 6.26 Å². The first-order valence-corrected chi connectivity index (χ1v) is 10.1. The van der Waals surface area contributed by atoms with Gasteiger partial charge in [0.1, 0.15) is 15.9 Å². The quantitative estimate of drug-likeness (QED) is 0.596. The third-order valence-electron chi connectivity index (χ3n) is 2.67. The van der Waals surface area contributed by atoms with Crippen molar-refractivity contribution in [2.45, 2.75) is 17.4 Å². The van der Waals surface area contributed by atoms with E-state index in [9.17, 15) is 21.6 Å². The molecule has 2 N–H and O–H groups in total. The van der Waals surface area contributed by atoms with Crippen LogP contribution in [0.15, 0.2) is 35.2 Å². The van der Waals surface area contributed by atoms with Crippen molar-refractivity contribution in [1.29, 1.82) is 5.26 Å². The van der Waals surface area contributed by atoms with Crippen molar-refractivity contribution in [3.8, 4) is 6.07 Å². The molecule has 0 radical (unpaired) electrons. The number of sulfone groups is 1. The van der Waals surface area contributed by atoms with Crippen LogP contribution in [-0.2, 0) is 24.7 Å². The van der Waals surface area contributed by atoms with Gasteiger partial charge in [-0.1, -0.05) is 18.2 Å². The van der Waals surface area contributed by atoms with Crippen molar-refractivity contribution in [2.75, 3.05) is 18.6 Å². The molecule has 0 heterocycles. The van der Waals surface area contributed by atoms with Gasteiger partial charge in [0.25, 0.3) is 0 Å². The van der Waals surface area contributed by atoms with Crippen LogP contribution in [0.25, 0.3) is 0 Å². The fraction of sp³-hybridized carbons (Fsp3) is 0.385. The van der Waals surface area contributed by atoms with E-state index in [1.165, 1.54) is 24.3 Å². The second-order valence-electron chi connectivity index (χ2n) is 4.78. The smallest absolute Gasteiger partial charge is 0.241 e. The summed E-state index contributed by atoms with van der Waals surface area (Å²) in [6.07, 6.45) is 0.933. The Hall–Kier alpha value is -1.96. The van der Waals surface area contributed by atoms with E-state index in [2.05, 4.69) is 10.0 Å². The van der Waals surface area contributed by atoms with Crippen molar-refractivity contribution < 1.29 is 21.6 Å². The lowest BCUT2D eigenvalue weighted by Gasteiger charge is -2.17. The topological polar surface area (TPSA) is 133 Å². The summed E-state index contributed by atoms with van der Waals surface area (Å²) < 4.78 is 49.4. The Bertz CT molecular complexity index is 783. The van der Waals surface area contributed by atoms with Gasteiger partial charge >= 0.3 is 0 Å². The first-order valence-electron chi connectivity index (χ1n) is 6.55. The molecule has 10 heteroatoms. The minimum absolute atomic E-state index is 0.00264. The number of sulfonamides is 1. The third kappa shape index (κ3) is 6.77. The number of nitrogens with one attached hydrogen (secondary N) is 2. The molecule has 0 aliphatic carbocycles. The van der Waals surface area contributed by atoms with Crippen LogP contribution in [0.2, 0.25) is 0 Å².